The lowest BCUT2D eigenvalue weighted by Crippen LogP contribution is -2.14. The standard InChI is InChI=1S/C7H5Cl2N5O/c8-1-2-4(9)12-3-5(11-2)13-7(10)14-6(3)15/h1H2,(H3,10,11,13,14,15). The number of fused-ring (bicyclic) bond motifs is 1. The van der Waals surface area contributed by atoms with Gasteiger partial charge in [-0.25, -0.2) is 9.97 Å². The Labute approximate surface area is 93.5 Å². The molecule has 0 radical (unpaired) electrons. The van der Waals surface area contributed by atoms with E-state index in [2.05, 4.69) is 19.9 Å². The molecule has 0 bridgehead atoms. The van der Waals surface area contributed by atoms with Crippen molar-refractivity contribution < 1.29 is 0 Å². The predicted octanol–water partition coefficient (Wildman–Crippen LogP) is 0.688. The lowest BCUT2D eigenvalue weighted by atomic mass is 10.4. The largest absolute Gasteiger partial charge is 0.369 e. The Kier molecular flexibility index (Phi) is 2.45. The zero-order chi connectivity index (χ0) is 11.0. The van der Waals surface area contributed by atoms with Crippen LogP contribution in [-0.4, -0.2) is 19.9 Å². The zero-order valence-electron chi connectivity index (χ0n) is 7.29. The van der Waals surface area contributed by atoms with Crippen LogP contribution in [0.5, 0.6) is 0 Å². The van der Waals surface area contributed by atoms with E-state index in [0.717, 1.165) is 0 Å². The highest BCUT2D eigenvalue weighted by Gasteiger charge is 2.10. The number of aromatic nitrogens is 4. The van der Waals surface area contributed by atoms with Gasteiger partial charge in [0.1, 0.15) is 0 Å². The van der Waals surface area contributed by atoms with Crippen molar-refractivity contribution in [1.82, 2.24) is 19.9 Å². The van der Waals surface area contributed by atoms with Gasteiger partial charge in [0.2, 0.25) is 5.95 Å². The lowest BCUT2D eigenvalue weighted by Gasteiger charge is -2.01. The summed E-state index contributed by atoms with van der Waals surface area (Å²) in [6.45, 7) is 0. The highest BCUT2D eigenvalue weighted by molar-refractivity contribution is 6.31. The second-order valence-corrected chi connectivity index (χ2v) is 3.34. The summed E-state index contributed by atoms with van der Waals surface area (Å²) >= 11 is 11.3. The molecule has 2 aromatic heterocycles. The molecule has 2 rings (SSSR count). The van der Waals surface area contributed by atoms with Crippen LogP contribution in [0.4, 0.5) is 5.95 Å². The van der Waals surface area contributed by atoms with E-state index in [4.69, 9.17) is 28.9 Å². The van der Waals surface area contributed by atoms with Gasteiger partial charge in [0.25, 0.3) is 5.56 Å². The Morgan fingerprint density at radius 1 is 1.33 bits per heavy atom. The smallest absolute Gasteiger partial charge is 0.280 e. The van der Waals surface area contributed by atoms with Crippen LogP contribution in [0.3, 0.4) is 0 Å². The highest BCUT2D eigenvalue weighted by atomic mass is 35.5. The molecule has 6 nitrogen and oxygen atoms in total. The molecule has 0 saturated carbocycles. The van der Waals surface area contributed by atoms with Gasteiger partial charge in [-0.05, 0) is 0 Å². The van der Waals surface area contributed by atoms with Crippen LogP contribution in [0.1, 0.15) is 5.69 Å². The summed E-state index contributed by atoms with van der Waals surface area (Å²) < 4.78 is 0. The van der Waals surface area contributed by atoms with Crippen molar-refractivity contribution in [3.05, 3.63) is 21.2 Å². The Bertz CT molecular complexity index is 581. The molecule has 2 heterocycles. The molecule has 3 N–H and O–H groups in total. The third-order valence-electron chi connectivity index (χ3n) is 1.71. The molecule has 15 heavy (non-hydrogen) atoms. The van der Waals surface area contributed by atoms with Crippen molar-refractivity contribution >= 4 is 40.3 Å². The maximum Gasteiger partial charge on any atom is 0.280 e. The van der Waals surface area contributed by atoms with Gasteiger partial charge in [-0.3, -0.25) is 9.78 Å². The van der Waals surface area contributed by atoms with Crippen molar-refractivity contribution in [2.45, 2.75) is 5.88 Å². The lowest BCUT2D eigenvalue weighted by molar-refractivity contribution is 1.08. The minimum atomic E-state index is -0.479. The normalized spacial score (nSPS) is 10.8. The quantitative estimate of drug-likeness (QED) is 0.721. The predicted molar refractivity (Wildman–Crippen MR) is 56.9 cm³/mol. The summed E-state index contributed by atoms with van der Waals surface area (Å²) in [6, 6.07) is 0. The number of halogens is 2. The van der Waals surface area contributed by atoms with Crippen LogP contribution < -0.4 is 11.3 Å². The first-order valence-electron chi connectivity index (χ1n) is 3.89. The van der Waals surface area contributed by atoms with Crippen LogP contribution in [-0.2, 0) is 5.88 Å². The average Bonchev–Trinajstić information content (AvgIpc) is 2.18. The van der Waals surface area contributed by atoms with Gasteiger partial charge in [0.05, 0.1) is 11.6 Å². The number of nitrogens with two attached hydrogens (primary N) is 1. The molecule has 0 unspecified atom stereocenters. The number of nitrogen functional groups attached to an aromatic ring is 1. The number of hydrogen-bond acceptors (Lipinski definition) is 5. The summed E-state index contributed by atoms with van der Waals surface area (Å²) in [7, 11) is 0. The number of aromatic amines is 1. The van der Waals surface area contributed by atoms with Gasteiger partial charge in [0.15, 0.2) is 16.3 Å². The molecular weight excluding hydrogens is 241 g/mol. The second kappa shape index (κ2) is 3.63. The van der Waals surface area contributed by atoms with E-state index in [0.29, 0.717) is 5.69 Å². The van der Waals surface area contributed by atoms with Crippen LogP contribution in [0, 0.1) is 0 Å². The summed E-state index contributed by atoms with van der Waals surface area (Å²) in [6.07, 6.45) is 0. The minimum Gasteiger partial charge on any atom is -0.369 e. The maximum atomic E-state index is 11.4. The number of alkyl halides is 1. The van der Waals surface area contributed by atoms with Crippen LogP contribution >= 0.6 is 23.2 Å². The number of hydrogen-bond donors (Lipinski definition) is 2. The summed E-state index contributed by atoms with van der Waals surface area (Å²) in [5.41, 5.74) is 5.42. The molecule has 0 fully saturated rings. The average molecular weight is 246 g/mol. The SMILES string of the molecule is Nc1nc2nc(CCl)c(Cl)nc2c(=O)[nH]1. The van der Waals surface area contributed by atoms with Gasteiger partial charge in [0, 0.05) is 0 Å². The second-order valence-electron chi connectivity index (χ2n) is 2.72. The van der Waals surface area contributed by atoms with Crippen molar-refractivity contribution in [1.29, 1.82) is 0 Å². The molecule has 0 amide bonds. The number of rotatable bonds is 1. The molecule has 0 atom stereocenters. The maximum absolute atomic E-state index is 11.4. The minimum absolute atomic E-state index is 0.0235. The van der Waals surface area contributed by atoms with Gasteiger partial charge in [-0.1, -0.05) is 11.6 Å². The van der Waals surface area contributed by atoms with E-state index < -0.39 is 5.56 Å². The zero-order valence-corrected chi connectivity index (χ0v) is 8.80. The van der Waals surface area contributed by atoms with E-state index in [1.165, 1.54) is 0 Å². The van der Waals surface area contributed by atoms with Gasteiger partial charge < -0.3 is 5.73 Å². The van der Waals surface area contributed by atoms with E-state index in [-0.39, 0.29) is 28.1 Å². The number of nitrogens with zero attached hydrogens (tertiary/aromatic N) is 3. The molecule has 0 aliphatic carbocycles. The molecular formula is C7H5Cl2N5O. The van der Waals surface area contributed by atoms with Crippen LogP contribution in [0.15, 0.2) is 4.79 Å². The molecule has 8 heteroatoms. The van der Waals surface area contributed by atoms with E-state index in [9.17, 15) is 4.79 Å². The summed E-state index contributed by atoms with van der Waals surface area (Å²) in [4.78, 5) is 25.3. The first kappa shape index (κ1) is 10.1. The molecule has 78 valence electrons. The van der Waals surface area contributed by atoms with E-state index in [1.807, 2.05) is 0 Å². The van der Waals surface area contributed by atoms with E-state index in [1.54, 1.807) is 0 Å². The van der Waals surface area contributed by atoms with Crippen molar-refractivity contribution in [2.24, 2.45) is 0 Å². The van der Waals surface area contributed by atoms with Crippen LogP contribution in [0.2, 0.25) is 5.15 Å². The summed E-state index contributed by atoms with van der Waals surface area (Å²) in [5, 5.41) is 0.0922. The van der Waals surface area contributed by atoms with Gasteiger partial charge in [-0.15, -0.1) is 11.6 Å². The monoisotopic (exact) mass is 245 g/mol. The van der Waals surface area contributed by atoms with Crippen LogP contribution in [0.25, 0.3) is 11.2 Å². The molecule has 0 aliphatic heterocycles. The molecule has 0 saturated heterocycles. The third-order valence-corrected chi connectivity index (χ3v) is 2.27. The molecule has 0 spiro atoms. The van der Waals surface area contributed by atoms with Gasteiger partial charge >= 0.3 is 0 Å². The Morgan fingerprint density at radius 2 is 2.07 bits per heavy atom. The molecule has 2 aromatic rings. The third kappa shape index (κ3) is 1.73. The first-order chi connectivity index (χ1) is 7.11. The molecule has 0 aliphatic rings. The number of anilines is 1. The Balaban J connectivity index is 2.87. The fraction of sp³-hybridized carbons (Fsp3) is 0.143. The fourth-order valence-electron chi connectivity index (χ4n) is 1.07. The fourth-order valence-corrected chi connectivity index (χ4v) is 1.52. The number of nitrogens with one attached hydrogen (secondary N) is 1. The Hall–Kier alpha value is -1.40. The number of H-pyrrole nitrogens is 1. The Morgan fingerprint density at radius 3 is 2.73 bits per heavy atom. The molecule has 0 aromatic carbocycles. The van der Waals surface area contributed by atoms with Gasteiger partial charge in [-0.2, -0.15) is 4.98 Å². The highest BCUT2D eigenvalue weighted by Crippen LogP contribution is 2.15. The first-order valence-corrected chi connectivity index (χ1v) is 4.81. The van der Waals surface area contributed by atoms with E-state index >= 15 is 0 Å². The van der Waals surface area contributed by atoms with Crippen molar-refractivity contribution in [3.8, 4) is 0 Å². The van der Waals surface area contributed by atoms with Crippen molar-refractivity contribution in [3.63, 3.8) is 0 Å². The summed E-state index contributed by atoms with van der Waals surface area (Å²) in [5.74, 6) is 0.0699. The topological polar surface area (TPSA) is 97.5 Å². The van der Waals surface area contributed by atoms with Crippen molar-refractivity contribution in [2.75, 3.05) is 5.73 Å².